The SMILES string of the molecule is CCCCCCCCc1ccc(NC(=O)Nc2cccc(OCc3cc(COc4cccc(NC(=O)Nc5ccc(CCCCCCCC)cc5)c4)cc(COc4cccc(NC(=O)Nc5ccc(CCCCCCCC)cc5)c4)c3)c2)cc1. The monoisotopic (exact) mass is 1130 g/mol. The topological polar surface area (TPSA) is 151 Å². The molecule has 444 valence electrons. The summed E-state index contributed by atoms with van der Waals surface area (Å²) < 4.78 is 19.1. The summed E-state index contributed by atoms with van der Waals surface area (Å²) in [5.41, 5.74) is 10.4. The lowest BCUT2D eigenvalue weighted by atomic mass is 10.0. The van der Waals surface area contributed by atoms with Gasteiger partial charge in [0.1, 0.15) is 37.1 Å². The molecule has 0 aliphatic carbocycles. The molecule has 0 aliphatic heterocycles. The number of aryl methyl sites for hydroxylation is 3. The molecule has 0 aliphatic rings. The van der Waals surface area contributed by atoms with E-state index in [-0.39, 0.29) is 37.9 Å². The predicted molar refractivity (Wildman–Crippen MR) is 347 cm³/mol. The highest BCUT2D eigenvalue weighted by Gasteiger charge is 2.11. The Labute approximate surface area is 500 Å². The van der Waals surface area contributed by atoms with Crippen LogP contribution in [-0.2, 0) is 39.1 Å². The highest BCUT2D eigenvalue weighted by atomic mass is 16.5. The third-order valence-corrected chi connectivity index (χ3v) is 14.7. The van der Waals surface area contributed by atoms with E-state index in [2.05, 4.69) is 89.1 Å². The van der Waals surface area contributed by atoms with Gasteiger partial charge in [0, 0.05) is 52.3 Å². The second-order valence-corrected chi connectivity index (χ2v) is 22.0. The summed E-state index contributed by atoms with van der Waals surface area (Å²) in [6.07, 6.45) is 25.8. The van der Waals surface area contributed by atoms with Crippen LogP contribution >= 0.6 is 0 Å². The van der Waals surface area contributed by atoms with Gasteiger partial charge in [-0.3, -0.25) is 0 Å². The van der Waals surface area contributed by atoms with Crippen LogP contribution in [0.3, 0.4) is 0 Å². The van der Waals surface area contributed by atoms with Gasteiger partial charge < -0.3 is 46.1 Å². The summed E-state index contributed by atoms with van der Waals surface area (Å²) in [5, 5.41) is 17.7. The minimum atomic E-state index is -0.346. The van der Waals surface area contributed by atoms with Crippen molar-refractivity contribution in [3.05, 3.63) is 197 Å². The minimum absolute atomic E-state index is 0.217. The Morgan fingerprint density at radius 3 is 0.798 bits per heavy atom. The van der Waals surface area contributed by atoms with E-state index < -0.39 is 0 Å². The van der Waals surface area contributed by atoms with Gasteiger partial charge in [0.05, 0.1) is 0 Å². The predicted octanol–water partition coefficient (Wildman–Crippen LogP) is 20.1. The quantitative estimate of drug-likeness (QED) is 0.0215. The third-order valence-electron chi connectivity index (χ3n) is 14.7. The van der Waals surface area contributed by atoms with Gasteiger partial charge in [0.15, 0.2) is 0 Å². The highest BCUT2D eigenvalue weighted by Crippen LogP contribution is 2.26. The fourth-order valence-corrected chi connectivity index (χ4v) is 10.1. The fraction of sp³-hybridized carbons (Fsp3) is 0.375. The molecular weight excluding hydrogens is 1040 g/mol. The molecular formula is C72H90N6O6. The zero-order valence-electron chi connectivity index (χ0n) is 50.0. The Kier molecular flexibility index (Phi) is 27.4. The maximum atomic E-state index is 13.1. The van der Waals surface area contributed by atoms with Crippen LogP contribution in [0.25, 0.3) is 0 Å². The summed E-state index contributed by atoms with van der Waals surface area (Å²) >= 11 is 0. The number of nitrogens with one attached hydrogen (secondary N) is 6. The summed E-state index contributed by atoms with van der Waals surface area (Å²) in [4.78, 5) is 39.3. The summed E-state index contributed by atoms with van der Waals surface area (Å²) in [6, 6.07) is 51.2. The maximum absolute atomic E-state index is 13.1. The first kappa shape index (κ1) is 63.3. The van der Waals surface area contributed by atoms with E-state index in [1.165, 1.54) is 132 Å². The van der Waals surface area contributed by atoms with Gasteiger partial charge in [-0.05, 0) is 163 Å². The van der Waals surface area contributed by atoms with Crippen molar-refractivity contribution in [2.24, 2.45) is 0 Å². The molecule has 12 nitrogen and oxygen atoms in total. The summed E-state index contributed by atoms with van der Waals surface area (Å²) in [6.45, 7) is 7.37. The van der Waals surface area contributed by atoms with E-state index in [4.69, 9.17) is 14.2 Å². The Morgan fingerprint density at radius 2 is 0.524 bits per heavy atom. The fourth-order valence-electron chi connectivity index (χ4n) is 10.1. The third kappa shape index (κ3) is 24.3. The van der Waals surface area contributed by atoms with Crippen LogP contribution in [0.5, 0.6) is 17.2 Å². The molecule has 12 heteroatoms. The average Bonchev–Trinajstić information content (AvgIpc) is 3.64. The van der Waals surface area contributed by atoms with Crippen molar-refractivity contribution >= 4 is 52.2 Å². The van der Waals surface area contributed by atoms with Crippen LogP contribution in [0.2, 0.25) is 0 Å². The second-order valence-electron chi connectivity index (χ2n) is 22.0. The first-order chi connectivity index (χ1) is 41.2. The number of rotatable bonds is 36. The number of hydrogen-bond acceptors (Lipinski definition) is 6. The van der Waals surface area contributed by atoms with Crippen molar-refractivity contribution in [2.75, 3.05) is 31.9 Å². The van der Waals surface area contributed by atoms with Crippen LogP contribution in [0.15, 0.2) is 164 Å². The number of urea groups is 3. The molecule has 7 aromatic carbocycles. The number of hydrogen-bond donors (Lipinski definition) is 6. The number of carbonyl (C=O) groups excluding carboxylic acids is 3. The lowest BCUT2D eigenvalue weighted by Crippen LogP contribution is -2.19. The molecule has 0 saturated heterocycles. The molecule has 84 heavy (non-hydrogen) atoms. The van der Waals surface area contributed by atoms with E-state index in [0.717, 1.165) is 53.0 Å². The minimum Gasteiger partial charge on any atom is -0.489 e. The average molecular weight is 1140 g/mol. The standard InChI is InChI=1S/C72H90N6O6/c1-4-7-10-13-16-19-25-55-34-40-61(41-35-55)73-70(79)76-64-28-22-31-67(49-64)82-52-58-46-59(53-83-68-32-23-29-65(50-68)77-71(80)74-62-42-36-56(37-43-62)26-20-17-14-11-8-5-2)48-60(47-58)54-84-69-33-24-30-66(51-69)78-72(81)75-63-44-38-57(39-45-63)27-21-18-15-12-9-6-3/h22-24,28-51H,4-21,25-27,52-54H2,1-3H3,(H2,73,76,79)(H2,74,77,80)(H2,75,78,81). The van der Waals surface area contributed by atoms with Crippen LogP contribution < -0.4 is 46.1 Å². The van der Waals surface area contributed by atoms with E-state index in [1.807, 2.05) is 109 Å². The molecule has 0 bridgehead atoms. The van der Waals surface area contributed by atoms with Crippen LogP contribution in [-0.4, -0.2) is 18.1 Å². The highest BCUT2D eigenvalue weighted by molar-refractivity contribution is 6.01. The van der Waals surface area contributed by atoms with E-state index in [0.29, 0.717) is 34.3 Å². The van der Waals surface area contributed by atoms with Crippen molar-refractivity contribution < 1.29 is 28.6 Å². The molecule has 0 atom stereocenters. The lowest BCUT2D eigenvalue weighted by Gasteiger charge is -2.15. The van der Waals surface area contributed by atoms with Gasteiger partial charge in [-0.2, -0.15) is 0 Å². The number of carbonyl (C=O) groups is 3. The summed E-state index contributed by atoms with van der Waals surface area (Å²) in [5.74, 6) is 1.73. The lowest BCUT2D eigenvalue weighted by molar-refractivity contribution is 0.261. The molecule has 0 heterocycles. The van der Waals surface area contributed by atoms with Crippen molar-refractivity contribution in [3.8, 4) is 17.2 Å². The number of unbranched alkanes of at least 4 members (excludes halogenated alkanes) is 15. The number of ether oxygens (including phenoxy) is 3. The van der Waals surface area contributed by atoms with Gasteiger partial charge in [-0.25, -0.2) is 14.4 Å². The van der Waals surface area contributed by atoms with E-state index >= 15 is 0 Å². The van der Waals surface area contributed by atoms with Crippen LogP contribution in [0.4, 0.5) is 48.5 Å². The number of anilines is 6. The smallest absolute Gasteiger partial charge is 0.323 e. The van der Waals surface area contributed by atoms with Gasteiger partial charge in [-0.15, -0.1) is 0 Å². The molecule has 6 amide bonds. The first-order valence-corrected chi connectivity index (χ1v) is 31.0. The van der Waals surface area contributed by atoms with Gasteiger partial charge in [0.25, 0.3) is 0 Å². The Balaban J connectivity index is 0.950. The number of amides is 6. The van der Waals surface area contributed by atoms with Crippen molar-refractivity contribution in [3.63, 3.8) is 0 Å². The largest absolute Gasteiger partial charge is 0.489 e. The van der Waals surface area contributed by atoms with Crippen molar-refractivity contribution in [1.82, 2.24) is 0 Å². The number of benzene rings is 7. The molecule has 0 fully saturated rings. The normalized spacial score (nSPS) is 10.9. The molecule has 0 spiro atoms. The molecule has 0 radical (unpaired) electrons. The molecule has 7 rings (SSSR count). The van der Waals surface area contributed by atoms with Crippen LogP contribution in [0, 0.1) is 0 Å². The van der Waals surface area contributed by atoms with E-state index in [1.54, 1.807) is 18.2 Å². The van der Waals surface area contributed by atoms with Gasteiger partial charge in [0.2, 0.25) is 0 Å². The first-order valence-electron chi connectivity index (χ1n) is 31.0. The molecule has 0 unspecified atom stereocenters. The van der Waals surface area contributed by atoms with Crippen LogP contribution in [0.1, 0.15) is 170 Å². The summed E-state index contributed by atoms with van der Waals surface area (Å²) in [7, 11) is 0. The van der Waals surface area contributed by atoms with Crippen molar-refractivity contribution in [1.29, 1.82) is 0 Å². The second kappa shape index (κ2) is 36.4. The van der Waals surface area contributed by atoms with E-state index in [9.17, 15) is 14.4 Å². The Morgan fingerprint density at radius 1 is 0.274 bits per heavy atom. The molecule has 0 aromatic heterocycles. The maximum Gasteiger partial charge on any atom is 0.323 e. The van der Waals surface area contributed by atoms with Gasteiger partial charge in [-0.1, -0.05) is 172 Å². The van der Waals surface area contributed by atoms with Gasteiger partial charge >= 0.3 is 18.1 Å². The van der Waals surface area contributed by atoms with Crippen molar-refractivity contribution in [2.45, 2.75) is 175 Å². The Hall–Kier alpha value is -8.25. The molecule has 0 saturated carbocycles. The molecule has 7 aromatic rings. The zero-order chi connectivity index (χ0) is 58.8. The zero-order valence-corrected chi connectivity index (χ0v) is 50.0. The molecule has 6 N–H and O–H groups in total. The Bertz CT molecular complexity index is 2720.